The Morgan fingerprint density at radius 2 is 1.86 bits per heavy atom. The number of ether oxygens (including phenoxy) is 1. The fourth-order valence-electron chi connectivity index (χ4n) is 5.94. The standard InChI is InChI=1S/C27H39N9O9P2S2Si/c1-27(2,3)50(4,5)45-20-18-11-41-46(38,48)43-17-7-16(33-22-15(8-28)9-30-12-31-22)6-14(17)10-40-47(39,49)44-21(20)25(42-18)36-13-32-19-23(36)34-26(29)35-24(19)37/h9,12-14,16-18,20-21,25H,6-7,10-11H2,1-5H3,(H,38,48)(H,39,49)(H,30,31,33)(H3,29,34,35,37)/t14-,16-,17+,18-,20-,21-,25-,46+,47+/m1/s1. The Morgan fingerprint density at radius 1 is 1.14 bits per heavy atom. The summed E-state index contributed by atoms with van der Waals surface area (Å²) in [6.07, 6.45) is -0.286. The van der Waals surface area contributed by atoms with E-state index in [1.807, 2.05) is 39.9 Å². The lowest BCUT2D eigenvalue weighted by molar-refractivity contribution is -0.0482. The molecule has 0 aromatic carbocycles. The van der Waals surface area contributed by atoms with Gasteiger partial charge in [-0.3, -0.25) is 27.9 Å². The quantitative estimate of drug-likeness (QED) is 0.136. The van der Waals surface area contributed by atoms with E-state index in [1.54, 1.807) is 0 Å². The molecule has 23 heteroatoms. The van der Waals surface area contributed by atoms with Gasteiger partial charge in [-0.25, -0.2) is 24.1 Å². The average molecular weight is 788 g/mol. The minimum Gasteiger partial charge on any atom is -0.408 e. The lowest BCUT2D eigenvalue weighted by Gasteiger charge is -2.40. The van der Waals surface area contributed by atoms with E-state index in [9.17, 15) is 19.2 Å². The number of nitrogens with two attached hydrogens (primary N) is 1. The van der Waals surface area contributed by atoms with E-state index < -0.39 is 64.0 Å². The first-order valence-corrected chi connectivity index (χ1v) is 24.0. The normalized spacial score (nSPS) is 33.9. The summed E-state index contributed by atoms with van der Waals surface area (Å²) in [5, 5.41) is 12.4. The van der Waals surface area contributed by atoms with Gasteiger partial charge in [0.15, 0.2) is 25.7 Å². The lowest BCUT2D eigenvalue weighted by Crippen LogP contribution is -2.50. The van der Waals surface area contributed by atoms with Gasteiger partial charge in [-0.05, 0) is 31.0 Å². The maximum absolute atomic E-state index is 14.1. The first kappa shape index (κ1) is 37.4. The van der Waals surface area contributed by atoms with Crippen LogP contribution in [0.15, 0.2) is 23.6 Å². The van der Waals surface area contributed by atoms with Crippen LogP contribution in [-0.4, -0.2) is 81.5 Å². The number of rotatable bonds is 5. The Labute approximate surface area is 299 Å². The molecule has 3 fully saturated rings. The van der Waals surface area contributed by atoms with E-state index >= 15 is 0 Å². The number of nitrogen functional groups attached to an aromatic ring is 1. The molecule has 0 radical (unpaired) electrons. The number of aromatic nitrogens is 6. The molecule has 9 atom stereocenters. The molecule has 1 saturated carbocycles. The van der Waals surface area contributed by atoms with Gasteiger partial charge in [0.1, 0.15) is 42.1 Å². The Kier molecular flexibility index (Phi) is 10.4. The minimum absolute atomic E-state index is 0.0182. The maximum Gasteiger partial charge on any atom is 0.386 e. The second-order valence-corrected chi connectivity index (χ2v) is 24.4. The molecule has 272 valence electrons. The second kappa shape index (κ2) is 13.9. The topological polar surface area (TPSA) is 241 Å². The number of nitrogens with one attached hydrogen (secondary N) is 2. The van der Waals surface area contributed by atoms with E-state index in [4.69, 9.17) is 33.0 Å². The first-order valence-electron chi connectivity index (χ1n) is 15.7. The number of H-pyrrole nitrogens is 1. The van der Waals surface area contributed by atoms with Crippen LogP contribution < -0.4 is 16.6 Å². The summed E-state index contributed by atoms with van der Waals surface area (Å²) in [6.45, 7) is 1.41. The van der Waals surface area contributed by atoms with Gasteiger partial charge in [-0.15, -0.1) is 0 Å². The van der Waals surface area contributed by atoms with Crippen LogP contribution in [0.4, 0.5) is 11.8 Å². The van der Waals surface area contributed by atoms with E-state index in [2.05, 4.69) is 54.7 Å². The number of thiol groups is 2. The summed E-state index contributed by atoms with van der Waals surface area (Å²) in [4.78, 5) is 31.6. The van der Waals surface area contributed by atoms with Crippen molar-refractivity contribution in [3.63, 3.8) is 0 Å². The van der Waals surface area contributed by atoms with Crippen molar-refractivity contribution in [2.75, 3.05) is 24.3 Å². The van der Waals surface area contributed by atoms with Gasteiger partial charge in [0.2, 0.25) is 5.95 Å². The van der Waals surface area contributed by atoms with Gasteiger partial charge >= 0.3 is 13.6 Å². The third kappa shape index (κ3) is 7.86. The summed E-state index contributed by atoms with van der Waals surface area (Å²) < 4.78 is 66.6. The second-order valence-electron chi connectivity index (χ2n) is 13.9. The number of hydrogen-bond acceptors (Lipinski definition) is 16. The van der Waals surface area contributed by atoms with Crippen molar-refractivity contribution in [3.05, 3.63) is 34.8 Å². The molecule has 5 heterocycles. The SMILES string of the molecule is CC(C)(C)[Si](C)(C)O[C@H]1[C@H]2O[P@@](=O)(S)OC[C@H]3C[C@@H](Nc4ncncc4C#N)C[C@@H]3O[P@@](=O)(S)OC[C@H]1O[C@H]2n1cnc2c(=O)[nH]c(N)nc21. The van der Waals surface area contributed by atoms with Gasteiger partial charge in [0.25, 0.3) is 5.56 Å². The van der Waals surface area contributed by atoms with Crippen LogP contribution in [0.2, 0.25) is 18.1 Å². The molecule has 0 amide bonds. The van der Waals surface area contributed by atoms with Crippen LogP contribution in [0.3, 0.4) is 0 Å². The lowest BCUT2D eigenvalue weighted by atomic mass is 10.1. The average Bonchev–Trinajstić information content (AvgIpc) is 3.69. The van der Waals surface area contributed by atoms with E-state index in [0.29, 0.717) is 18.7 Å². The number of nitrogens with zero attached hydrogens (tertiary/aromatic N) is 6. The Morgan fingerprint density at radius 3 is 2.58 bits per heavy atom. The smallest absolute Gasteiger partial charge is 0.386 e. The Balaban J connectivity index is 1.35. The van der Waals surface area contributed by atoms with Crippen LogP contribution in [0, 0.1) is 17.2 Å². The molecule has 50 heavy (non-hydrogen) atoms. The van der Waals surface area contributed by atoms with Gasteiger partial charge in [0, 0.05) is 12.0 Å². The predicted octanol–water partition coefficient (Wildman–Crippen LogP) is 4.43. The summed E-state index contributed by atoms with van der Waals surface area (Å²) in [6, 6.07) is 1.74. The highest BCUT2D eigenvalue weighted by Gasteiger charge is 2.55. The largest absolute Gasteiger partial charge is 0.408 e. The van der Waals surface area contributed by atoms with E-state index in [0.717, 1.165) is 0 Å². The van der Waals surface area contributed by atoms with Gasteiger partial charge in [0.05, 0.1) is 31.8 Å². The summed E-state index contributed by atoms with van der Waals surface area (Å²) in [5.74, 6) is -0.308. The molecule has 2 bridgehead atoms. The number of fused-ring (bicyclic) bond motifs is 4. The molecular weight excluding hydrogens is 749 g/mol. The molecular formula is C27H39N9O9P2S2Si. The highest BCUT2D eigenvalue weighted by atomic mass is 32.7. The van der Waals surface area contributed by atoms with E-state index in [1.165, 1.54) is 23.4 Å². The highest BCUT2D eigenvalue weighted by Crippen LogP contribution is 2.61. The van der Waals surface area contributed by atoms with Crippen LogP contribution in [-0.2, 0) is 36.4 Å². The Hall–Kier alpha value is -2.34. The number of aromatic amines is 1. The van der Waals surface area contributed by atoms with Crippen molar-refractivity contribution >= 4 is 69.3 Å². The van der Waals surface area contributed by atoms with Crippen molar-refractivity contribution < 1.29 is 36.4 Å². The maximum atomic E-state index is 14.1. The summed E-state index contributed by atoms with van der Waals surface area (Å²) >= 11 is 8.68. The summed E-state index contributed by atoms with van der Waals surface area (Å²) in [5.41, 5.74) is 5.60. The number of anilines is 2. The third-order valence-electron chi connectivity index (χ3n) is 9.43. The molecule has 18 nitrogen and oxygen atoms in total. The van der Waals surface area contributed by atoms with Gasteiger partial charge < -0.3 is 24.7 Å². The summed E-state index contributed by atoms with van der Waals surface area (Å²) in [7, 11) is -2.61. The van der Waals surface area contributed by atoms with E-state index in [-0.39, 0.29) is 47.0 Å². The predicted molar refractivity (Wildman–Crippen MR) is 190 cm³/mol. The fourth-order valence-corrected chi connectivity index (χ4v) is 10.3. The number of nitriles is 1. The third-order valence-corrected chi connectivity index (χ3v) is 17.2. The molecule has 6 rings (SSSR count). The van der Waals surface area contributed by atoms with Crippen molar-refractivity contribution in [2.24, 2.45) is 5.92 Å². The van der Waals surface area contributed by atoms with Crippen LogP contribution in [0.5, 0.6) is 0 Å². The molecule has 3 aromatic heterocycles. The zero-order valence-electron chi connectivity index (χ0n) is 27.8. The first-order chi connectivity index (χ1) is 23.4. The van der Waals surface area contributed by atoms with Crippen LogP contribution in [0.1, 0.15) is 45.4 Å². The number of hydrogen-bond donors (Lipinski definition) is 5. The molecule has 2 saturated heterocycles. The van der Waals surface area contributed by atoms with Crippen molar-refractivity contribution in [3.8, 4) is 6.07 Å². The molecule has 2 aliphatic heterocycles. The molecule has 1 aliphatic carbocycles. The molecule has 0 spiro atoms. The van der Waals surface area contributed by atoms with Crippen molar-refractivity contribution in [1.29, 1.82) is 5.26 Å². The van der Waals surface area contributed by atoms with Crippen molar-refractivity contribution in [2.45, 2.75) is 88.4 Å². The van der Waals surface area contributed by atoms with Crippen LogP contribution >= 0.6 is 38.1 Å². The number of imidazole rings is 1. The molecule has 4 N–H and O–H groups in total. The van der Waals surface area contributed by atoms with Crippen LogP contribution in [0.25, 0.3) is 11.2 Å². The minimum atomic E-state index is -4.21. The fraction of sp³-hybridized carbons (Fsp3) is 0.630. The zero-order valence-corrected chi connectivity index (χ0v) is 32.4. The monoisotopic (exact) mass is 787 g/mol. The van der Waals surface area contributed by atoms with Crippen molar-refractivity contribution in [1.82, 2.24) is 29.5 Å². The Bertz CT molecular complexity index is 1960. The highest BCUT2D eigenvalue weighted by molar-refractivity contribution is 8.44. The van der Waals surface area contributed by atoms with Gasteiger partial charge in [-0.1, -0.05) is 45.3 Å². The molecule has 3 aliphatic rings. The zero-order chi connectivity index (χ0) is 36.2. The molecule has 3 aromatic rings. The van der Waals surface area contributed by atoms with Gasteiger partial charge in [-0.2, -0.15) is 10.2 Å². The molecule has 0 unspecified atom stereocenters.